The summed E-state index contributed by atoms with van der Waals surface area (Å²) in [6.45, 7) is 0.531. The predicted octanol–water partition coefficient (Wildman–Crippen LogP) is 2.62. The van der Waals surface area contributed by atoms with Crippen LogP contribution in [0, 0.1) is 5.82 Å². The van der Waals surface area contributed by atoms with Gasteiger partial charge < -0.3 is 10.2 Å². The van der Waals surface area contributed by atoms with E-state index in [0.717, 1.165) is 5.56 Å². The summed E-state index contributed by atoms with van der Waals surface area (Å²) in [6, 6.07) is 12.9. The molecule has 0 spiro atoms. The second-order valence-electron chi connectivity index (χ2n) is 7.25. The fourth-order valence-electron chi connectivity index (χ4n) is 3.45. The zero-order valence-electron chi connectivity index (χ0n) is 16.5. The molecule has 0 bridgehead atoms. The number of amides is 3. The second-order valence-corrected chi connectivity index (χ2v) is 7.25. The smallest absolute Gasteiger partial charge is 0.261 e. The van der Waals surface area contributed by atoms with Crippen molar-refractivity contribution in [2.75, 3.05) is 27.2 Å². The van der Waals surface area contributed by atoms with Crippen LogP contribution in [0.25, 0.3) is 0 Å². The molecule has 0 aliphatic carbocycles. The van der Waals surface area contributed by atoms with Crippen LogP contribution in [-0.4, -0.2) is 54.7 Å². The Kier molecular flexibility index (Phi) is 6.39. The predicted molar refractivity (Wildman–Crippen MR) is 107 cm³/mol. The van der Waals surface area contributed by atoms with E-state index in [1.54, 1.807) is 30.3 Å². The van der Waals surface area contributed by atoms with Crippen LogP contribution in [0.2, 0.25) is 0 Å². The maximum absolute atomic E-state index is 13.5. The third-order valence-corrected chi connectivity index (χ3v) is 5.01. The quantitative estimate of drug-likeness (QED) is 0.696. The van der Waals surface area contributed by atoms with Crippen LogP contribution < -0.4 is 5.32 Å². The fourth-order valence-corrected chi connectivity index (χ4v) is 3.45. The van der Waals surface area contributed by atoms with Gasteiger partial charge in [-0.05, 0) is 50.3 Å². The summed E-state index contributed by atoms with van der Waals surface area (Å²) in [4.78, 5) is 40.0. The lowest BCUT2D eigenvalue weighted by atomic mass is 10.1. The molecular weight excluding hydrogens is 373 g/mol. The molecule has 1 heterocycles. The summed E-state index contributed by atoms with van der Waals surface area (Å²) >= 11 is 0. The average Bonchev–Trinajstić information content (AvgIpc) is 2.93. The van der Waals surface area contributed by atoms with E-state index in [4.69, 9.17) is 0 Å². The number of carbonyl (C=O) groups is 3. The van der Waals surface area contributed by atoms with Gasteiger partial charge in [0.05, 0.1) is 17.2 Å². The van der Waals surface area contributed by atoms with E-state index in [0.29, 0.717) is 24.1 Å². The number of benzene rings is 2. The number of nitrogens with one attached hydrogen (secondary N) is 1. The van der Waals surface area contributed by atoms with Crippen molar-refractivity contribution in [1.29, 1.82) is 0 Å². The second kappa shape index (κ2) is 8.96. The highest BCUT2D eigenvalue weighted by Crippen LogP contribution is 2.22. The molecule has 0 saturated heterocycles. The van der Waals surface area contributed by atoms with E-state index < -0.39 is 0 Å². The van der Waals surface area contributed by atoms with Gasteiger partial charge >= 0.3 is 0 Å². The number of carbonyl (C=O) groups excluding carboxylic acids is 3. The van der Waals surface area contributed by atoms with E-state index >= 15 is 0 Å². The molecule has 152 valence electrons. The van der Waals surface area contributed by atoms with E-state index in [1.807, 2.05) is 25.1 Å². The summed E-state index contributed by atoms with van der Waals surface area (Å²) in [5.74, 6) is -1.12. The van der Waals surface area contributed by atoms with Crippen molar-refractivity contribution in [3.05, 3.63) is 71.0 Å². The standard InChI is InChI=1S/C22H24FN3O3/c1-25(2)19(15-7-5-8-16(23)13-15)14-24-20(27)11-6-12-26-21(28)17-9-3-4-10-18(17)22(26)29/h3-5,7-10,13,19H,6,11-12,14H2,1-2H3,(H,24,27). The number of fused-ring (bicyclic) bond motifs is 1. The Labute approximate surface area is 169 Å². The Bertz CT molecular complexity index is 894. The summed E-state index contributed by atoms with van der Waals surface area (Å²) < 4.78 is 13.5. The van der Waals surface area contributed by atoms with Gasteiger partial charge in [-0.2, -0.15) is 0 Å². The highest BCUT2D eigenvalue weighted by Gasteiger charge is 2.34. The number of halogens is 1. The number of nitrogens with zero attached hydrogens (tertiary/aromatic N) is 2. The third-order valence-electron chi connectivity index (χ3n) is 5.01. The van der Waals surface area contributed by atoms with Gasteiger partial charge in [0.25, 0.3) is 11.8 Å². The molecule has 1 atom stereocenters. The summed E-state index contributed by atoms with van der Waals surface area (Å²) in [6.07, 6.45) is 0.570. The van der Waals surface area contributed by atoms with Crippen molar-refractivity contribution in [1.82, 2.24) is 15.1 Å². The molecule has 0 saturated carbocycles. The molecule has 6 nitrogen and oxygen atoms in total. The van der Waals surface area contributed by atoms with Crippen LogP contribution in [-0.2, 0) is 4.79 Å². The van der Waals surface area contributed by atoms with Crippen molar-refractivity contribution < 1.29 is 18.8 Å². The van der Waals surface area contributed by atoms with Crippen molar-refractivity contribution >= 4 is 17.7 Å². The number of hydrogen-bond acceptors (Lipinski definition) is 4. The van der Waals surface area contributed by atoms with Crippen molar-refractivity contribution in [3.63, 3.8) is 0 Å². The van der Waals surface area contributed by atoms with Crippen LogP contribution in [0.1, 0.15) is 45.2 Å². The van der Waals surface area contributed by atoms with Gasteiger partial charge in [-0.3, -0.25) is 19.3 Å². The van der Waals surface area contributed by atoms with Gasteiger partial charge in [0.1, 0.15) is 5.82 Å². The van der Waals surface area contributed by atoms with Crippen molar-refractivity contribution in [3.8, 4) is 0 Å². The zero-order chi connectivity index (χ0) is 21.0. The minimum absolute atomic E-state index is 0.161. The van der Waals surface area contributed by atoms with E-state index in [1.165, 1.54) is 17.0 Å². The Morgan fingerprint density at radius 3 is 2.31 bits per heavy atom. The fraction of sp³-hybridized carbons (Fsp3) is 0.318. The summed E-state index contributed by atoms with van der Waals surface area (Å²) in [5.41, 5.74) is 1.60. The monoisotopic (exact) mass is 397 g/mol. The Hall–Kier alpha value is -3.06. The SMILES string of the molecule is CN(C)C(CNC(=O)CCCN1C(=O)c2ccccc2C1=O)c1cccc(F)c1. The van der Waals surface area contributed by atoms with Gasteiger partial charge in [0.2, 0.25) is 5.91 Å². The third kappa shape index (κ3) is 4.68. The molecule has 1 aliphatic rings. The lowest BCUT2D eigenvalue weighted by molar-refractivity contribution is -0.121. The number of rotatable bonds is 8. The molecule has 0 radical (unpaired) electrons. The average molecular weight is 397 g/mol. The van der Waals surface area contributed by atoms with Gasteiger partial charge in [0.15, 0.2) is 0 Å². The highest BCUT2D eigenvalue weighted by molar-refractivity contribution is 6.21. The molecule has 3 rings (SSSR count). The number of hydrogen-bond donors (Lipinski definition) is 1. The Morgan fingerprint density at radius 2 is 1.72 bits per heavy atom. The first-order valence-corrected chi connectivity index (χ1v) is 9.52. The number of imide groups is 1. The zero-order valence-corrected chi connectivity index (χ0v) is 16.5. The van der Waals surface area contributed by atoms with Crippen molar-refractivity contribution in [2.24, 2.45) is 0 Å². The molecule has 1 unspecified atom stereocenters. The van der Waals surface area contributed by atoms with E-state index in [2.05, 4.69) is 5.32 Å². The normalized spacial score (nSPS) is 14.3. The Morgan fingerprint density at radius 1 is 1.07 bits per heavy atom. The van der Waals surface area contributed by atoms with Crippen LogP contribution in [0.15, 0.2) is 48.5 Å². The molecule has 1 N–H and O–H groups in total. The first-order valence-electron chi connectivity index (χ1n) is 9.52. The minimum Gasteiger partial charge on any atom is -0.354 e. The molecule has 1 aliphatic heterocycles. The lowest BCUT2D eigenvalue weighted by Crippen LogP contribution is -2.35. The Balaban J connectivity index is 1.49. The van der Waals surface area contributed by atoms with Crippen LogP contribution in [0.3, 0.4) is 0 Å². The largest absolute Gasteiger partial charge is 0.354 e. The van der Waals surface area contributed by atoms with E-state index in [9.17, 15) is 18.8 Å². The number of likely N-dealkylation sites (N-methyl/N-ethyl adjacent to an activating group) is 1. The first kappa shape index (κ1) is 20.7. The molecular formula is C22H24FN3O3. The molecule has 29 heavy (non-hydrogen) atoms. The summed E-state index contributed by atoms with van der Waals surface area (Å²) in [7, 11) is 3.73. The lowest BCUT2D eigenvalue weighted by Gasteiger charge is -2.25. The molecule has 2 aromatic carbocycles. The van der Waals surface area contributed by atoms with Crippen LogP contribution >= 0.6 is 0 Å². The van der Waals surface area contributed by atoms with Gasteiger partial charge in [-0.1, -0.05) is 24.3 Å². The topological polar surface area (TPSA) is 69.7 Å². The van der Waals surface area contributed by atoms with Crippen molar-refractivity contribution in [2.45, 2.75) is 18.9 Å². The van der Waals surface area contributed by atoms with Gasteiger partial charge in [-0.15, -0.1) is 0 Å². The maximum Gasteiger partial charge on any atom is 0.261 e. The maximum atomic E-state index is 13.5. The molecule has 0 aromatic heterocycles. The van der Waals surface area contributed by atoms with Crippen LogP contribution in [0.4, 0.5) is 4.39 Å². The first-order chi connectivity index (χ1) is 13.9. The molecule has 7 heteroatoms. The van der Waals surface area contributed by atoms with Gasteiger partial charge in [0, 0.05) is 19.5 Å². The molecule has 3 amide bonds. The molecule has 0 fully saturated rings. The van der Waals surface area contributed by atoms with E-state index in [-0.39, 0.29) is 42.5 Å². The molecule has 2 aromatic rings. The summed E-state index contributed by atoms with van der Waals surface area (Å²) in [5, 5.41) is 2.86. The van der Waals surface area contributed by atoms with Crippen LogP contribution in [0.5, 0.6) is 0 Å². The highest BCUT2D eigenvalue weighted by atomic mass is 19.1. The van der Waals surface area contributed by atoms with Gasteiger partial charge in [-0.25, -0.2) is 4.39 Å². The minimum atomic E-state index is -0.318.